The van der Waals surface area contributed by atoms with Gasteiger partial charge in [-0.05, 0) is 25.2 Å². The van der Waals surface area contributed by atoms with Crippen molar-refractivity contribution in [2.45, 2.75) is 77.6 Å². The average molecular weight is 383 g/mol. The highest BCUT2D eigenvalue weighted by molar-refractivity contribution is 5.84. The molecule has 1 fully saturated rings. The van der Waals surface area contributed by atoms with Crippen LogP contribution in [0.25, 0.3) is 0 Å². The lowest BCUT2D eigenvalue weighted by molar-refractivity contribution is -0.0998. The molecule has 0 aromatic carbocycles. The fraction of sp³-hybridized carbons (Fsp3) is 0.750. The lowest BCUT2D eigenvalue weighted by atomic mass is 9.76. The minimum Gasteiger partial charge on any atom is -0.465 e. The lowest BCUT2D eigenvalue weighted by Crippen LogP contribution is -2.41. The summed E-state index contributed by atoms with van der Waals surface area (Å²) in [6.45, 7) is 8.18. The number of unbranched alkanes of at least 4 members (excludes halogenated alkanes) is 1. The number of hydrogen-bond acceptors (Lipinski definition) is 3. The quantitative estimate of drug-likeness (QED) is 0.704. The van der Waals surface area contributed by atoms with Crippen LogP contribution in [0.2, 0.25) is 0 Å². The highest BCUT2D eigenvalue weighted by atomic mass is 19.3. The molecule has 5 nitrogen and oxygen atoms in total. The molecular weight excluding hydrogens is 352 g/mol. The zero-order chi connectivity index (χ0) is 20.2. The van der Waals surface area contributed by atoms with Gasteiger partial charge in [0.05, 0.1) is 18.1 Å². The number of aromatic nitrogens is 2. The Bertz CT molecular complexity index is 629. The van der Waals surface area contributed by atoms with Crippen molar-refractivity contribution in [1.29, 1.82) is 0 Å². The van der Waals surface area contributed by atoms with E-state index in [4.69, 9.17) is 0 Å². The first-order valence-electron chi connectivity index (χ1n) is 9.75. The predicted octanol–water partition coefficient (Wildman–Crippen LogP) is 5.50. The van der Waals surface area contributed by atoms with E-state index in [0.717, 1.165) is 23.4 Å². The largest absolute Gasteiger partial charge is 0.465 e. The van der Waals surface area contributed by atoms with Crippen LogP contribution < -0.4 is 4.90 Å². The van der Waals surface area contributed by atoms with Gasteiger partial charge in [0.25, 0.3) is 5.92 Å². The van der Waals surface area contributed by atoms with Crippen molar-refractivity contribution >= 4 is 11.9 Å². The molecule has 1 aliphatic carbocycles. The molecule has 0 aliphatic heterocycles. The predicted molar refractivity (Wildman–Crippen MR) is 101 cm³/mol. The summed E-state index contributed by atoms with van der Waals surface area (Å²) >= 11 is 0. The zero-order valence-electron chi connectivity index (χ0n) is 16.7. The maximum Gasteiger partial charge on any atom is 0.413 e. The third kappa shape index (κ3) is 5.59. The first-order chi connectivity index (χ1) is 12.5. The molecule has 0 spiro atoms. The molecule has 0 saturated heterocycles. The number of amides is 1. The van der Waals surface area contributed by atoms with Gasteiger partial charge >= 0.3 is 6.09 Å². The van der Waals surface area contributed by atoms with Gasteiger partial charge in [-0.25, -0.2) is 18.6 Å². The Labute approximate surface area is 160 Å². The van der Waals surface area contributed by atoms with E-state index < -0.39 is 17.9 Å². The Hall–Kier alpha value is -1.79. The topological polar surface area (TPSA) is 66.3 Å². The molecule has 1 aromatic rings. The monoisotopic (exact) mass is 383 g/mol. The standard InChI is InChI=1S/C20H31F2N3O2/c1-5-6-7-15-10-14(8-9-20(15,21)22)13-25(18(26)27)17-12-23-16(11-24-17)19(2,3)4/h11-12,14-15H,5-10,13H2,1-4H3,(H,26,27)/t14-,15-/m1/s1. The number of hydrogen-bond donors (Lipinski definition) is 1. The molecule has 7 heteroatoms. The number of anilines is 1. The highest BCUT2D eigenvalue weighted by Crippen LogP contribution is 2.43. The van der Waals surface area contributed by atoms with Crippen molar-refractivity contribution in [3.05, 3.63) is 18.1 Å². The zero-order valence-corrected chi connectivity index (χ0v) is 16.7. The molecular formula is C20H31F2N3O2. The summed E-state index contributed by atoms with van der Waals surface area (Å²) in [5.74, 6) is -3.15. The smallest absolute Gasteiger partial charge is 0.413 e. The Balaban J connectivity index is 2.11. The van der Waals surface area contributed by atoms with Crippen LogP contribution in [0.15, 0.2) is 12.4 Å². The van der Waals surface area contributed by atoms with E-state index in [1.165, 1.54) is 6.20 Å². The number of alkyl halides is 2. The number of nitrogens with zero attached hydrogens (tertiary/aromatic N) is 3. The Morgan fingerprint density at radius 1 is 1.33 bits per heavy atom. The molecule has 1 aliphatic rings. The van der Waals surface area contributed by atoms with E-state index in [9.17, 15) is 18.7 Å². The number of carboxylic acid groups (broad SMARTS) is 1. The molecule has 27 heavy (non-hydrogen) atoms. The molecule has 2 atom stereocenters. The van der Waals surface area contributed by atoms with E-state index >= 15 is 0 Å². The van der Waals surface area contributed by atoms with Crippen molar-refractivity contribution in [3.63, 3.8) is 0 Å². The van der Waals surface area contributed by atoms with Crippen LogP contribution in [-0.2, 0) is 5.41 Å². The van der Waals surface area contributed by atoms with Gasteiger partial charge in [0.15, 0.2) is 5.82 Å². The van der Waals surface area contributed by atoms with Crippen LogP contribution in [0.1, 0.15) is 71.9 Å². The van der Waals surface area contributed by atoms with Gasteiger partial charge in [-0.1, -0.05) is 40.5 Å². The van der Waals surface area contributed by atoms with Crippen molar-refractivity contribution < 1.29 is 18.7 Å². The molecule has 152 valence electrons. The highest BCUT2D eigenvalue weighted by Gasteiger charge is 2.44. The van der Waals surface area contributed by atoms with Crippen LogP contribution in [0.5, 0.6) is 0 Å². The fourth-order valence-corrected chi connectivity index (χ4v) is 3.61. The van der Waals surface area contributed by atoms with Crippen molar-refractivity contribution in [3.8, 4) is 0 Å². The van der Waals surface area contributed by atoms with Crippen molar-refractivity contribution in [2.24, 2.45) is 11.8 Å². The number of rotatable bonds is 6. The van der Waals surface area contributed by atoms with Gasteiger partial charge < -0.3 is 5.11 Å². The van der Waals surface area contributed by atoms with Gasteiger partial charge in [-0.2, -0.15) is 0 Å². The Morgan fingerprint density at radius 2 is 2.04 bits per heavy atom. The van der Waals surface area contributed by atoms with Gasteiger partial charge in [0.2, 0.25) is 0 Å². The summed E-state index contributed by atoms with van der Waals surface area (Å²) in [4.78, 5) is 21.5. The number of carbonyl (C=O) groups is 1. The van der Waals surface area contributed by atoms with E-state index in [0.29, 0.717) is 19.3 Å². The molecule has 1 amide bonds. The first-order valence-corrected chi connectivity index (χ1v) is 9.75. The second kappa shape index (κ2) is 8.48. The third-order valence-electron chi connectivity index (χ3n) is 5.36. The Morgan fingerprint density at radius 3 is 2.56 bits per heavy atom. The molecule has 0 radical (unpaired) electrons. The van der Waals surface area contributed by atoms with E-state index in [-0.39, 0.29) is 30.1 Å². The van der Waals surface area contributed by atoms with Crippen molar-refractivity contribution in [1.82, 2.24) is 9.97 Å². The van der Waals surface area contributed by atoms with E-state index in [1.807, 2.05) is 27.7 Å². The Kier molecular flexibility index (Phi) is 6.76. The summed E-state index contributed by atoms with van der Waals surface area (Å²) < 4.78 is 28.4. The summed E-state index contributed by atoms with van der Waals surface area (Å²) in [5.41, 5.74) is 0.592. The van der Waals surface area contributed by atoms with Gasteiger partial charge in [0.1, 0.15) is 0 Å². The second-order valence-corrected chi connectivity index (χ2v) is 8.64. The van der Waals surface area contributed by atoms with Crippen molar-refractivity contribution in [2.75, 3.05) is 11.4 Å². The van der Waals surface area contributed by atoms with E-state index in [1.54, 1.807) is 6.20 Å². The molecule has 1 N–H and O–H groups in total. The van der Waals surface area contributed by atoms with Gasteiger partial charge in [0, 0.05) is 24.3 Å². The normalized spacial score (nSPS) is 22.4. The SMILES string of the molecule is CCCC[C@@H]1C[C@H](CN(C(=O)O)c2cnc(C(C)(C)C)cn2)CCC1(F)F. The second-order valence-electron chi connectivity index (χ2n) is 8.64. The molecule has 0 unspecified atom stereocenters. The molecule has 1 aromatic heterocycles. The summed E-state index contributed by atoms with van der Waals surface area (Å²) in [6, 6.07) is 0. The summed E-state index contributed by atoms with van der Waals surface area (Å²) in [6.07, 6.45) is 4.57. The average Bonchev–Trinajstić information content (AvgIpc) is 2.58. The molecule has 1 saturated carbocycles. The summed E-state index contributed by atoms with van der Waals surface area (Å²) in [5, 5.41) is 9.61. The first kappa shape index (κ1) is 21.5. The lowest BCUT2D eigenvalue weighted by Gasteiger charge is -2.37. The maximum absolute atomic E-state index is 14.2. The van der Waals surface area contributed by atoms with Crippen LogP contribution in [0, 0.1) is 11.8 Å². The van der Waals surface area contributed by atoms with Gasteiger partial charge in [-0.3, -0.25) is 9.88 Å². The summed E-state index contributed by atoms with van der Waals surface area (Å²) in [7, 11) is 0. The molecule has 2 rings (SSSR count). The van der Waals surface area contributed by atoms with Crippen LogP contribution in [0.3, 0.4) is 0 Å². The number of halogens is 2. The molecule has 1 heterocycles. The molecule has 0 bridgehead atoms. The van der Waals surface area contributed by atoms with Crippen LogP contribution in [-0.4, -0.2) is 33.6 Å². The van der Waals surface area contributed by atoms with Gasteiger partial charge in [-0.15, -0.1) is 0 Å². The minimum absolute atomic E-state index is 0.0910. The van der Waals surface area contributed by atoms with Crippen LogP contribution in [0.4, 0.5) is 19.4 Å². The maximum atomic E-state index is 14.2. The fourth-order valence-electron chi connectivity index (χ4n) is 3.61. The van der Waals surface area contributed by atoms with E-state index in [2.05, 4.69) is 9.97 Å². The minimum atomic E-state index is -2.64. The van der Waals surface area contributed by atoms with Crippen LogP contribution >= 0.6 is 0 Å². The third-order valence-corrected chi connectivity index (χ3v) is 5.36.